The van der Waals surface area contributed by atoms with Crippen LogP contribution in [-0.4, -0.2) is 35.8 Å². The van der Waals surface area contributed by atoms with Gasteiger partial charge in [0.1, 0.15) is 0 Å². The van der Waals surface area contributed by atoms with Crippen molar-refractivity contribution >= 4 is 17.5 Å². The molecule has 88 valence electrons. The van der Waals surface area contributed by atoms with Crippen molar-refractivity contribution < 1.29 is 4.79 Å². The molecule has 3 unspecified atom stereocenters. The Balaban J connectivity index is 2.49. The second-order valence-electron chi connectivity index (χ2n) is 4.74. The predicted octanol–water partition coefficient (Wildman–Crippen LogP) is 1.45. The Morgan fingerprint density at radius 3 is 2.80 bits per heavy atom. The summed E-state index contributed by atoms with van der Waals surface area (Å²) in [7, 11) is 0. The zero-order valence-electron chi connectivity index (χ0n) is 9.58. The van der Waals surface area contributed by atoms with Crippen LogP contribution in [0.1, 0.15) is 26.7 Å². The zero-order valence-corrected chi connectivity index (χ0v) is 10.3. The molecule has 15 heavy (non-hydrogen) atoms. The van der Waals surface area contributed by atoms with E-state index in [9.17, 15) is 4.79 Å². The van der Waals surface area contributed by atoms with E-state index in [2.05, 4.69) is 18.7 Å². The first-order valence-electron chi connectivity index (χ1n) is 5.64. The maximum atomic E-state index is 11.1. The van der Waals surface area contributed by atoms with Crippen LogP contribution in [0.4, 0.5) is 0 Å². The number of primary amides is 1. The molecular formula is C11H21ClN2O. The number of carbonyl (C=O) groups excluding carboxylic acids is 1. The number of nitrogens with two attached hydrogens (primary N) is 1. The van der Waals surface area contributed by atoms with E-state index in [1.54, 1.807) is 0 Å². The van der Waals surface area contributed by atoms with Crippen LogP contribution >= 0.6 is 11.6 Å². The summed E-state index contributed by atoms with van der Waals surface area (Å²) in [5, 5.41) is 0. The number of amides is 1. The third-order valence-corrected chi connectivity index (χ3v) is 3.75. The Morgan fingerprint density at radius 1 is 1.60 bits per heavy atom. The smallest absolute Gasteiger partial charge is 0.221 e. The number of alkyl halides is 1. The van der Waals surface area contributed by atoms with Crippen LogP contribution < -0.4 is 5.73 Å². The molecule has 0 aromatic rings. The van der Waals surface area contributed by atoms with Crippen molar-refractivity contribution in [1.82, 2.24) is 4.90 Å². The largest absolute Gasteiger partial charge is 0.369 e. The SMILES string of the molecule is CC(CCl)CN1CC(C(N)=O)CCC1C. The minimum atomic E-state index is -0.162. The Kier molecular flexibility index (Phi) is 4.87. The molecule has 1 heterocycles. The number of hydrogen-bond donors (Lipinski definition) is 1. The fourth-order valence-corrected chi connectivity index (χ4v) is 2.21. The average Bonchev–Trinajstić information content (AvgIpc) is 2.20. The number of halogens is 1. The van der Waals surface area contributed by atoms with Gasteiger partial charge in [0.2, 0.25) is 5.91 Å². The van der Waals surface area contributed by atoms with Gasteiger partial charge in [0, 0.05) is 25.0 Å². The third-order valence-electron chi connectivity index (χ3n) is 3.22. The summed E-state index contributed by atoms with van der Waals surface area (Å²) in [6.07, 6.45) is 1.99. The van der Waals surface area contributed by atoms with Crippen LogP contribution in [-0.2, 0) is 4.79 Å². The highest BCUT2D eigenvalue weighted by Gasteiger charge is 2.28. The molecule has 1 fully saturated rings. The van der Waals surface area contributed by atoms with E-state index in [1.165, 1.54) is 0 Å². The van der Waals surface area contributed by atoms with Gasteiger partial charge < -0.3 is 5.73 Å². The first-order valence-corrected chi connectivity index (χ1v) is 6.17. The molecule has 1 rings (SSSR count). The average molecular weight is 233 g/mol. The highest BCUT2D eigenvalue weighted by molar-refractivity contribution is 6.18. The molecule has 0 spiro atoms. The normalized spacial score (nSPS) is 30.1. The van der Waals surface area contributed by atoms with Crippen LogP contribution in [0.5, 0.6) is 0 Å². The Labute approximate surface area is 96.9 Å². The highest BCUT2D eigenvalue weighted by atomic mass is 35.5. The summed E-state index contributed by atoms with van der Waals surface area (Å²) in [6.45, 7) is 6.11. The van der Waals surface area contributed by atoms with E-state index >= 15 is 0 Å². The second-order valence-corrected chi connectivity index (χ2v) is 5.05. The first kappa shape index (κ1) is 12.8. The van der Waals surface area contributed by atoms with E-state index in [0.29, 0.717) is 17.8 Å². The summed E-state index contributed by atoms with van der Waals surface area (Å²) in [6, 6.07) is 0.547. The van der Waals surface area contributed by atoms with Crippen molar-refractivity contribution in [3.05, 3.63) is 0 Å². The maximum Gasteiger partial charge on any atom is 0.221 e. The van der Waals surface area contributed by atoms with Gasteiger partial charge in [0.05, 0.1) is 5.92 Å². The molecule has 0 aromatic heterocycles. The molecule has 0 saturated carbocycles. The van der Waals surface area contributed by atoms with Crippen molar-refractivity contribution in [2.75, 3.05) is 19.0 Å². The van der Waals surface area contributed by atoms with E-state index in [-0.39, 0.29) is 11.8 Å². The quantitative estimate of drug-likeness (QED) is 0.746. The lowest BCUT2D eigenvalue weighted by molar-refractivity contribution is -0.124. The van der Waals surface area contributed by atoms with Gasteiger partial charge in [-0.05, 0) is 25.7 Å². The first-order chi connectivity index (χ1) is 7.04. The molecule has 3 nitrogen and oxygen atoms in total. The van der Waals surface area contributed by atoms with Crippen molar-refractivity contribution in [3.63, 3.8) is 0 Å². The predicted molar refractivity (Wildman–Crippen MR) is 62.8 cm³/mol. The number of rotatable bonds is 4. The molecule has 0 aromatic carbocycles. The van der Waals surface area contributed by atoms with Gasteiger partial charge in [0.15, 0.2) is 0 Å². The van der Waals surface area contributed by atoms with Gasteiger partial charge in [-0.25, -0.2) is 0 Å². The topological polar surface area (TPSA) is 46.3 Å². The number of nitrogens with zero attached hydrogens (tertiary/aromatic N) is 1. The van der Waals surface area contributed by atoms with Crippen LogP contribution in [0.25, 0.3) is 0 Å². The summed E-state index contributed by atoms with van der Waals surface area (Å²) in [4.78, 5) is 13.5. The molecule has 2 N–H and O–H groups in total. The van der Waals surface area contributed by atoms with Crippen molar-refractivity contribution in [2.45, 2.75) is 32.7 Å². The van der Waals surface area contributed by atoms with E-state index < -0.39 is 0 Å². The lowest BCUT2D eigenvalue weighted by atomic mass is 9.92. The van der Waals surface area contributed by atoms with Gasteiger partial charge in [-0.15, -0.1) is 11.6 Å². The molecule has 3 atom stereocenters. The molecule has 1 saturated heterocycles. The monoisotopic (exact) mass is 232 g/mol. The lowest BCUT2D eigenvalue weighted by Gasteiger charge is -2.38. The van der Waals surface area contributed by atoms with Crippen molar-refractivity contribution in [3.8, 4) is 0 Å². The molecule has 1 amide bonds. The molecular weight excluding hydrogens is 212 g/mol. The maximum absolute atomic E-state index is 11.1. The third kappa shape index (κ3) is 3.65. The molecule has 4 heteroatoms. The Bertz CT molecular complexity index is 223. The Morgan fingerprint density at radius 2 is 2.27 bits per heavy atom. The number of hydrogen-bond acceptors (Lipinski definition) is 2. The van der Waals surface area contributed by atoms with Gasteiger partial charge >= 0.3 is 0 Å². The van der Waals surface area contributed by atoms with E-state index in [0.717, 1.165) is 25.9 Å². The van der Waals surface area contributed by atoms with Crippen LogP contribution in [0.2, 0.25) is 0 Å². The molecule has 1 aliphatic rings. The summed E-state index contributed by atoms with van der Waals surface area (Å²) in [5.74, 6) is 1.01. The van der Waals surface area contributed by atoms with Gasteiger partial charge in [-0.1, -0.05) is 6.92 Å². The summed E-state index contributed by atoms with van der Waals surface area (Å²) < 4.78 is 0. The van der Waals surface area contributed by atoms with E-state index in [4.69, 9.17) is 17.3 Å². The number of carbonyl (C=O) groups is 1. The van der Waals surface area contributed by atoms with Crippen molar-refractivity contribution in [1.29, 1.82) is 0 Å². The van der Waals surface area contributed by atoms with Gasteiger partial charge in [-0.2, -0.15) is 0 Å². The van der Waals surface area contributed by atoms with Crippen molar-refractivity contribution in [2.24, 2.45) is 17.6 Å². The van der Waals surface area contributed by atoms with Crippen LogP contribution in [0.15, 0.2) is 0 Å². The summed E-state index contributed by atoms with van der Waals surface area (Å²) in [5.41, 5.74) is 5.35. The van der Waals surface area contributed by atoms with Crippen LogP contribution in [0.3, 0.4) is 0 Å². The van der Waals surface area contributed by atoms with Crippen LogP contribution in [0, 0.1) is 11.8 Å². The van der Waals surface area contributed by atoms with Gasteiger partial charge in [-0.3, -0.25) is 9.69 Å². The number of likely N-dealkylation sites (tertiary alicyclic amines) is 1. The molecule has 1 aliphatic heterocycles. The minimum Gasteiger partial charge on any atom is -0.369 e. The molecule has 0 bridgehead atoms. The minimum absolute atomic E-state index is 0.0312. The lowest BCUT2D eigenvalue weighted by Crippen LogP contribution is -2.47. The fraction of sp³-hybridized carbons (Fsp3) is 0.909. The molecule has 0 radical (unpaired) electrons. The molecule has 0 aliphatic carbocycles. The number of piperidine rings is 1. The summed E-state index contributed by atoms with van der Waals surface area (Å²) >= 11 is 5.80. The Hall–Kier alpha value is -0.280. The highest BCUT2D eigenvalue weighted by Crippen LogP contribution is 2.22. The zero-order chi connectivity index (χ0) is 11.4. The fourth-order valence-electron chi connectivity index (χ4n) is 2.12. The van der Waals surface area contributed by atoms with E-state index in [1.807, 2.05) is 0 Å². The van der Waals surface area contributed by atoms with Gasteiger partial charge in [0.25, 0.3) is 0 Å². The second kappa shape index (κ2) is 5.71. The standard InChI is InChI=1S/C11H21ClN2O/c1-8(5-12)6-14-7-10(11(13)15)4-3-9(14)2/h8-10H,3-7H2,1-2H3,(H2,13,15).